The number of hydrogen-bond donors (Lipinski definition) is 1. The molecule has 1 aliphatic rings. The molecule has 6 heteroatoms. The third-order valence-electron chi connectivity index (χ3n) is 5.27. The van der Waals surface area contributed by atoms with Crippen LogP contribution in [0.1, 0.15) is 47.3 Å². The highest BCUT2D eigenvalue weighted by Crippen LogP contribution is 2.21. The molecule has 0 atom stereocenters. The Labute approximate surface area is 165 Å². The summed E-state index contributed by atoms with van der Waals surface area (Å²) in [5.41, 5.74) is 3.84. The van der Waals surface area contributed by atoms with Crippen molar-refractivity contribution in [2.45, 2.75) is 33.6 Å². The van der Waals surface area contributed by atoms with Gasteiger partial charge in [-0.3, -0.25) is 4.79 Å². The van der Waals surface area contributed by atoms with E-state index in [4.69, 9.17) is 4.98 Å². The fourth-order valence-electron chi connectivity index (χ4n) is 3.66. The largest absolute Gasteiger partial charge is 0.353 e. The second-order valence-corrected chi connectivity index (χ2v) is 7.93. The first-order valence-electron chi connectivity index (χ1n) is 9.90. The Hall–Kier alpha value is -2.89. The van der Waals surface area contributed by atoms with E-state index in [2.05, 4.69) is 53.8 Å². The summed E-state index contributed by atoms with van der Waals surface area (Å²) in [5, 5.41) is 1.07. The van der Waals surface area contributed by atoms with E-state index in [0.29, 0.717) is 24.7 Å². The Morgan fingerprint density at radius 2 is 1.79 bits per heavy atom. The first-order valence-corrected chi connectivity index (χ1v) is 9.90. The van der Waals surface area contributed by atoms with Gasteiger partial charge in [-0.15, -0.1) is 0 Å². The van der Waals surface area contributed by atoms with Gasteiger partial charge in [-0.05, 0) is 31.5 Å². The lowest BCUT2D eigenvalue weighted by atomic mass is 10.2. The van der Waals surface area contributed by atoms with Crippen LogP contribution in [0.5, 0.6) is 0 Å². The van der Waals surface area contributed by atoms with E-state index in [9.17, 15) is 4.79 Å². The van der Waals surface area contributed by atoms with E-state index in [1.165, 1.54) is 5.56 Å². The number of rotatable bonds is 3. The van der Waals surface area contributed by atoms with Crippen molar-refractivity contribution in [1.29, 1.82) is 0 Å². The number of carbonyl (C=O) groups is 1. The van der Waals surface area contributed by atoms with Gasteiger partial charge in [0.2, 0.25) is 0 Å². The summed E-state index contributed by atoms with van der Waals surface area (Å²) in [5.74, 6) is 2.20. The van der Waals surface area contributed by atoms with Crippen LogP contribution < -0.4 is 4.90 Å². The molecule has 0 aliphatic carbocycles. The van der Waals surface area contributed by atoms with Gasteiger partial charge >= 0.3 is 0 Å². The maximum absolute atomic E-state index is 12.9. The number of carbonyl (C=O) groups excluding carboxylic acids is 1. The number of aryl methyl sites for hydroxylation is 2. The normalized spacial score (nSPS) is 14.9. The molecule has 28 heavy (non-hydrogen) atoms. The monoisotopic (exact) mass is 377 g/mol. The van der Waals surface area contributed by atoms with Crippen LogP contribution in [0.4, 0.5) is 5.82 Å². The van der Waals surface area contributed by atoms with Crippen molar-refractivity contribution in [2.24, 2.45) is 0 Å². The molecule has 1 aromatic carbocycles. The first-order chi connectivity index (χ1) is 13.4. The van der Waals surface area contributed by atoms with E-state index in [-0.39, 0.29) is 5.91 Å². The molecule has 1 fully saturated rings. The molecular formula is C22H27N5O. The Balaban J connectivity index is 1.47. The van der Waals surface area contributed by atoms with Crippen LogP contribution in [0.2, 0.25) is 0 Å². The number of amides is 1. The van der Waals surface area contributed by atoms with E-state index in [1.807, 2.05) is 24.0 Å². The molecule has 3 aromatic rings. The topological polar surface area (TPSA) is 65.1 Å². The van der Waals surface area contributed by atoms with Crippen LogP contribution in [-0.2, 0) is 0 Å². The SMILES string of the molecule is Cc1ccc2cc(C(=O)N3CCN(c4cc(C)nc(C(C)C)n4)CC3)[nH]c2c1. The number of piperazine rings is 1. The summed E-state index contributed by atoms with van der Waals surface area (Å²) in [4.78, 5) is 29.7. The second-order valence-electron chi connectivity index (χ2n) is 7.93. The maximum atomic E-state index is 12.9. The van der Waals surface area contributed by atoms with Gasteiger partial charge in [0.15, 0.2) is 0 Å². The van der Waals surface area contributed by atoms with Crippen molar-refractivity contribution in [3.63, 3.8) is 0 Å². The number of aromatic amines is 1. The van der Waals surface area contributed by atoms with Crippen molar-refractivity contribution < 1.29 is 4.79 Å². The van der Waals surface area contributed by atoms with Crippen LogP contribution in [0.15, 0.2) is 30.3 Å². The number of aromatic nitrogens is 3. The van der Waals surface area contributed by atoms with Crippen molar-refractivity contribution >= 4 is 22.6 Å². The molecule has 0 unspecified atom stereocenters. The van der Waals surface area contributed by atoms with Gasteiger partial charge in [0.05, 0.1) is 0 Å². The molecule has 0 saturated carbocycles. The van der Waals surface area contributed by atoms with Crippen LogP contribution in [0, 0.1) is 13.8 Å². The second kappa shape index (κ2) is 7.26. The van der Waals surface area contributed by atoms with Gasteiger partial charge in [0.1, 0.15) is 17.3 Å². The molecule has 0 spiro atoms. The third kappa shape index (κ3) is 3.59. The number of nitrogens with zero attached hydrogens (tertiary/aromatic N) is 4. The van der Waals surface area contributed by atoms with Gasteiger partial charge in [0.25, 0.3) is 5.91 Å². The van der Waals surface area contributed by atoms with Gasteiger partial charge in [-0.25, -0.2) is 9.97 Å². The Morgan fingerprint density at radius 3 is 2.50 bits per heavy atom. The molecule has 6 nitrogen and oxygen atoms in total. The lowest BCUT2D eigenvalue weighted by Gasteiger charge is -2.35. The molecule has 4 rings (SSSR count). The zero-order valence-corrected chi connectivity index (χ0v) is 17.0. The number of nitrogens with one attached hydrogen (secondary N) is 1. The molecule has 3 heterocycles. The van der Waals surface area contributed by atoms with E-state index in [0.717, 1.165) is 41.3 Å². The van der Waals surface area contributed by atoms with E-state index >= 15 is 0 Å². The zero-order chi connectivity index (χ0) is 19.8. The molecule has 1 saturated heterocycles. The van der Waals surface area contributed by atoms with Gasteiger partial charge in [-0.2, -0.15) is 0 Å². The summed E-state index contributed by atoms with van der Waals surface area (Å²) in [6.45, 7) is 11.2. The van der Waals surface area contributed by atoms with Crippen molar-refractivity contribution in [1.82, 2.24) is 19.9 Å². The average molecular weight is 377 g/mol. The molecule has 1 N–H and O–H groups in total. The van der Waals surface area contributed by atoms with Gasteiger partial charge in [-0.1, -0.05) is 26.0 Å². The van der Waals surface area contributed by atoms with Crippen LogP contribution in [-0.4, -0.2) is 51.9 Å². The minimum Gasteiger partial charge on any atom is -0.353 e. The quantitative estimate of drug-likeness (QED) is 0.756. The fraction of sp³-hybridized carbons (Fsp3) is 0.409. The highest BCUT2D eigenvalue weighted by Gasteiger charge is 2.24. The zero-order valence-electron chi connectivity index (χ0n) is 17.0. The number of fused-ring (bicyclic) bond motifs is 1. The Bertz CT molecular complexity index is 1010. The van der Waals surface area contributed by atoms with Gasteiger partial charge in [0, 0.05) is 54.8 Å². The summed E-state index contributed by atoms with van der Waals surface area (Å²) in [6.07, 6.45) is 0. The Morgan fingerprint density at radius 1 is 1.04 bits per heavy atom. The fourth-order valence-corrected chi connectivity index (χ4v) is 3.66. The number of benzene rings is 1. The molecule has 2 aromatic heterocycles. The van der Waals surface area contributed by atoms with E-state index < -0.39 is 0 Å². The number of hydrogen-bond acceptors (Lipinski definition) is 4. The molecular weight excluding hydrogens is 350 g/mol. The molecule has 1 amide bonds. The lowest BCUT2D eigenvalue weighted by molar-refractivity contribution is 0.0741. The standard InChI is InChI=1S/C22H27N5O/c1-14(2)21-23-16(4)12-20(25-21)26-7-9-27(10-8-26)22(28)19-13-17-6-5-15(3)11-18(17)24-19/h5-6,11-14,24H,7-10H2,1-4H3. The highest BCUT2D eigenvalue weighted by atomic mass is 16.2. The third-order valence-corrected chi connectivity index (χ3v) is 5.27. The summed E-state index contributed by atoms with van der Waals surface area (Å²) >= 11 is 0. The number of H-pyrrole nitrogens is 1. The minimum atomic E-state index is 0.0650. The van der Waals surface area contributed by atoms with Crippen LogP contribution in [0.25, 0.3) is 10.9 Å². The van der Waals surface area contributed by atoms with Gasteiger partial charge < -0.3 is 14.8 Å². The van der Waals surface area contributed by atoms with E-state index in [1.54, 1.807) is 0 Å². The molecule has 146 valence electrons. The average Bonchev–Trinajstić information content (AvgIpc) is 3.10. The molecule has 1 aliphatic heterocycles. The molecule has 0 bridgehead atoms. The van der Waals surface area contributed by atoms with Crippen LogP contribution in [0.3, 0.4) is 0 Å². The summed E-state index contributed by atoms with van der Waals surface area (Å²) in [6, 6.07) is 10.2. The smallest absolute Gasteiger partial charge is 0.270 e. The predicted octanol–water partition coefficient (Wildman–Crippen LogP) is 3.66. The lowest BCUT2D eigenvalue weighted by Crippen LogP contribution is -2.49. The van der Waals surface area contributed by atoms with Crippen molar-refractivity contribution in [3.8, 4) is 0 Å². The Kier molecular flexibility index (Phi) is 4.79. The predicted molar refractivity (Wildman–Crippen MR) is 112 cm³/mol. The summed E-state index contributed by atoms with van der Waals surface area (Å²) in [7, 11) is 0. The van der Waals surface area contributed by atoms with Crippen LogP contribution >= 0.6 is 0 Å². The maximum Gasteiger partial charge on any atom is 0.270 e. The van der Waals surface area contributed by atoms with Crippen molar-refractivity contribution in [2.75, 3.05) is 31.1 Å². The molecule has 0 radical (unpaired) electrons. The van der Waals surface area contributed by atoms with Crippen molar-refractivity contribution in [3.05, 3.63) is 53.1 Å². The number of anilines is 1. The minimum absolute atomic E-state index is 0.0650. The highest BCUT2D eigenvalue weighted by molar-refractivity contribution is 5.98. The summed E-state index contributed by atoms with van der Waals surface area (Å²) < 4.78 is 0. The first kappa shape index (κ1) is 18.5.